The number of hydrogen-bond donors (Lipinski definition) is 1. The highest BCUT2D eigenvalue weighted by molar-refractivity contribution is 5.12. The van der Waals surface area contributed by atoms with E-state index in [1.165, 1.54) is 0 Å². The fraction of sp³-hybridized carbons (Fsp3) is 0.667. The number of aliphatic hydroxyl groups is 1. The largest absolute Gasteiger partial charge is 0.389 e. The Morgan fingerprint density at radius 2 is 2.22 bits per heavy atom. The van der Waals surface area contributed by atoms with Crippen LogP contribution in [0.2, 0.25) is 0 Å². The van der Waals surface area contributed by atoms with Gasteiger partial charge in [-0.15, -0.1) is 0 Å². The van der Waals surface area contributed by atoms with Crippen LogP contribution in [-0.2, 0) is 6.42 Å². The Morgan fingerprint density at radius 1 is 1.39 bits per heavy atom. The first kappa shape index (κ1) is 13.5. The monoisotopic (exact) mass is 248 g/mol. The Morgan fingerprint density at radius 3 is 2.89 bits per heavy atom. The van der Waals surface area contributed by atoms with Crippen molar-refractivity contribution < 1.29 is 5.11 Å². The van der Waals surface area contributed by atoms with Crippen molar-refractivity contribution in [3.05, 3.63) is 30.1 Å². The molecule has 1 aliphatic heterocycles. The number of rotatable bonds is 3. The van der Waals surface area contributed by atoms with E-state index < -0.39 is 5.60 Å². The number of pyridine rings is 1. The van der Waals surface area contributed by atoms with Gasteiger partial charge in [-0.2, -0.15) is 0 Å². The molecule has 0 aliphatic carbocycles. The van der Waals surface area contributed by atoms with Crippen molar-refractivity contribution in [1.29, 1.82) is 0 Å². The summed E-state index contributed by atoms with van der Waals surface area (Å²) in [7, 11) is 0. The van der Waals surface area contributed by atoms with E-state index >= 15 is 0 Å². The highest BCUT2D eigenvalue weighted by Crippen LogP contribution is 2.26. The molecule has 1 aromatic rings. The van der Waals surface area contributed by atoms with Gasteiger partial charge in [0.05, 0.1) is 5.60 Å². The predicted octanol–water partition coefficient (Wildman–Crippen LogP) is 2.25. The number of nitrogens with zero attached hydrogens (tertiary/aromatic N) is 2. The van der Waals surface area contributed by atoms with Crippen LogP contribution in [0.1, 0.15) is 38.7 Å². The molecule has 2 rings (SSSR count). The summed E-state index contributed by atoms with van der Waals surface area (Å²) in [5, 5.41) is 10.7. The van der Waals surface area contributed by atoms with Crippen molar-refractivity contribution in [1.82, 2.24) is 9.88 Å². The highest BCUT2D eigenvalue weighted by Gasteiger charge is 2.30. The van der Waals surface area contributed by atoms with Crippen molar-refractivity contribution in [2.75, 3.05) is 13.1 Å². The maximum absolute atomic E-state index is 10.7. The second-order valence-corrected chi connectivity index (χ2v) is 5.75. The zero-order valence-corrected chi connectivity index (χ0v) is 11.5. The standard InChI is InChI=1S/C15H24N2O/c1-13(2)17-9-4-6-15(18,7-10-17)11-14-5-3-8-16-12-14/h3,5,8,12-13,18H,4,6-7,9-11H2,1-2H3. The molecule has 18 heavy (non-hydrogen) atoms. The van der Waals surface area contributed by atoms with Gasteiger partial charge in [-0.3, -0.25) is 4.98 Å². The predicted molar refractivity (Wildman–Crippen MR) is 73.5 cm³/mol. The Hall–Kier alpha value is -0.930. The van der Waals surface area contributed by atoms with Crippen molar-refractivity contribution in [2.45, 2.75) is 51.2 Å². The van der Waals surface area contributed by atoms with Crippen LogP contribution >= 0.6 is 0 Å². The van der Waals surface area contributed by atoms with E-state index in [-0.39, 0.29) is 0 Å². The molecule has 0 spiro atoms. The van der Waals surface area contributed by atoms with Gasteiger partial charge >= 0.3 is 0 Å². The first-order chi connectivity index (χ1) is 8.59. The van der Waals surface area contributed by atoms with Crippen LogP contribution < -0.4 is 0 Å². The molecule has 0 amide bonds. The lowest BCUT2D eigenvalue weighted by atomic mass is 9.88. The van der Waals surface area contributed by atoms with Gasteiger partial charge in [0.2, 0.25) is 0 Å². The molecule has 100 valence electrons. The smallest absolute Gasteiger partial charge is 0.0701 e. The van der Waals surface area contributed by atoms with E-state index in [4.69, 9.17) is 0 Å². The van der Waals surface area contributed by atoms with Gasteiger partial charge in [-0.05, 0) is 51.3 Å². The van der Waals surface area contributed by atoms with Crippen LogP contribution in [0.4, 0.5) is 0 Å². The van der Waals surface area contributed by atoms with E-state index in [1.807, 2.05) is 12.3 Å². The average Bonchev–Trinajstić information content (AvgIpc) is 2.52. The first-order valence-corrected chi connectivity index (χ1v) is 6.94. The number of aromatic nitrogens is 1. The maximum atomic E-state index is 10.7. The van der Waals surface area contributed by atoms with Crippen LogP contribution in [0.3, 0.4) is 0 Å². The molecule has 0 bridgehead atoms. The topological polar surface area (TPSA) is 36.4 Å². The molecule has 1 aliphatic rings. The number of hydrogen-bond acceptors (Lipinski definition) is 3. The van der Waals surface area contributed by atoms with Gasteiger partial charge in [-0.25, -0.2) is 0 Å². The summed E-state index contributed by atoms with van der Waals surface area (Å²) in [6, 6.07) is 4.57. The van der Waals surface area contributed by atoms with Gasteiger partial charge in [0.1, 0.15) is 0 Å². The lowest BCUT2D eigenvalue weighted by molar-refractivity contribution is 0.0248. The quantitative estimate of drug-likeness (QED) is 0.891. The zero-order valence-electron chi connectivity index (χ0n) is 11.5. The van der Waals surface area contributed by atoms with Gasteiger partial charge in [0.15, 0.2) is 0 Å². The minimum Gasteiger partial charge on any atom is -0.389 e. The molecule has 3 heteroatoms. The normalized spacial score (nSPS) is 26.2. The minimum absolute atomic E-state index is 0.549. The van der Waals surface area contributed by atoms with Crippen molar-refractivity contribution >= 4 is 0 Å². The molecular weight excluding hydrogens is 224 g/mol. The average molecular weight is 248 g/mol. The second kappa shape index (κ2) is 5.81. The summed E-state index contributed by atoms with van der Waals surface area (Å²) in [4.78, 5) is 6.59. The molecule has 0 radical (unpaired) electrons. The lowest BCUT2D eigenvalue weighted by Gasteiger charge is -2.28. The minimum atomic E-state index is -0.549. The summed E-state index contributed by atoms with van der Waals surface area (Å²) in [6.45, 7) is 6.55. The molecule has 3 nitrogen and oxygen atoms in total. The Balaban J connectivity index is 1.99. The van der Waals surface area contributed by atoms with Crippen LogP contribution in [0, 0.1) is 0 Å². The van der Waals surface area contributed by atoms with E-state index in [1.54, 1.807) is 6.20 Å². The lowest BCUT2D eigenvalue weighted by Crippen LogP contribution is -2.35. The van der Waals surface area contributed by atoms with Crippen molar-refractivity contribution in [2.24, 2.45) is 0 Å². The van der Waals surface area contributed by atoms with Gasteiger partial charge in [0, 0.05) is 31.4 Å². The summed E-state index contributed by atoms with van der Waals surface area (Å²) < 4.78 is 0. The van der Waals surface area contributed by atoms with Crippen LogP contribution in [0.15, 0.2) is 24.5 Å². The van der Waals surface area contributed by atoms with E-state index in [2.05, 4.69) is 29.8 Å². The zero-order chi connectivity index (χ0) is 13.0. The first-order valence-electron chi connectivity index (χ1n) is 6.94. The van der Waals surface area contributed by atoms with E-state index in [9.17, 15) is 5.11 Å². The van der Waals surface area contributed by atoms with Crippen LogP contribution in [0.25, 0.3) is 0 Å². The molecule has 1 saturated heterocycles. The third-order valence-corrected chi connectivity index (χ3v) is 3.94. The number of likely N-dealkylation sites (tertiary alicyclic amines) is 1. The van der Waals surface area contributed by atoms with Crippen molar-refractivity contribution in [3.8, 4) is 0 Å². The summed E-state index contributed by atoms with van der Waals surface area (Å²) in [5.41, 5.74) is 0.588. The van der Waals surface area contributed by atoms with Crippen molar-refractivity contribution in [3.63, 3.8) is 0 Å². The molecule has 2 heterocycles. The molecule has 1 atom stereocenters. The van der Waals surface area contributed by atoms with Crippen LogP contribution in [-0.4, -0.2) is 39.7 Å². The third-order valence-electron chi connectivity index (χ3n) is 3.94. The SMILES string of the molecule is CC(C)N1CCCC(O)(Cc2cccnc2)CC1. The van der Waals surface area contributed by atoms with E-state index in [0.29, 0.717) is 6.04 Å². The fourth-order valence-corrected chi connectivity index (χ4v) is 2.78. The third kappa shape index (κ3) is 3.53. The summed E-state index contributed by atoms with van der Waals surface area (Å²) in [6.07, 6.45) is 7.21. The Labute approximate surface area is 110 Å². The molecule has 0 aromatic carbocycles. The summed E-state index contributed by atoms with van der Waals surface area (Å²) >= 11 is 0. The highest BCUT2D eigenvalue weighted by atomic mass is 16.3. The van der Waals surface area contributed by atoms with Gasteiger partial charge < -0.3 is 10.0 Å². The molecule has 1 N–H and O–H groups in total. The molecule has 1 fully saturated rings. The maximum Gasteiger partial charge on any atom is 0.0701 e. The second-order valence-electron chi connectivity index (χ2n) is 5.75. The van der Waals surface area contributed by atoms with Gasteiger partial charge in [-0.1, -0.05) is 6.07 Å². The molecular formula is C15H24N2O. The molecule has 1 aromatic heterocycles. The Kier molecular flexibility index (Phi) is 4.36. The van der Waals surface area contributed by atoms with E-state index in [0.717, 1.165) is 44.3 Å². The molecule has 1 unspecified atom stereocenters. The van der Waals surface area contributed by atoms with Gasteiger partial charge in [0.25, 0.3) is 0 Å². The molecule has 0 saturated carbocycles. The fourth-order valence-electron chi connectivity index (χ4n) is 2.78. The summed E-state index contributed by atoms with van der Waals surface area (Å²) in [5.74, 6) is 0. The Bertz CT molecular complexity index is 366. The van der Waals surface area contributed by atoms with Crippen LogP contribution in [0.5, 0.6) is 0 Å².